The molecule has 1 aliphatic rings. The third kappa shape index (κ3) is 3.25. The van der Waals surface area contributed by atoms with E-state index in [-0.39, 0.29) is 32.7 Å². The molecule has 0 N–H and O–H groups in total. The molecule has 1 nitrogen and oxygen atoms in total. The van der Waals surface area contributed by atoms with Gasteiger partial charge in [-0.05, 0) is 12.5 Å². The van der Waals surface area contributed by atoms with Crippen molar-refractivity contribution in [3.63, 3.8) is 0 Å². The molecule has 0 amide bonds. The van der Waals surface area contributed by atoms with Gasteiger partial charge in [0.05, 0.1) is 0 Å². The van der Waals surface area contributed by atoms with Gasteiger partial charge in [0.15, 0.2) is 0 Å². The van der Waals surface area contributed by atoms with E-state index >= 15 is 0 Å². The molecule has 0 aromatic carbocycles. The molecule has 1 heterocycles. The van der Waals surface area contributed by atoms with Crippen molar-refractivity contribution < 1.29 is 32.7 Å². The first-order valence-corrected chi connectivity index (χ1v) is 3.94. The predicted octanol–water partition coefficient (Wildman–Crippen LogP) is 2.21. The summed E-state index contributed by atoms with van der Waals surface area (Å²) in [7, 11) is 0. The molecule has 0 bridgehead atoms. The fourth-order valence-corrected chi connectivity index (χ4v) is 1.17. The minimum atomic E-state index is 0. The summed E-state index contributed by atoms with van der Waals surface area (Å²) in [6.45, 7) is 13.4. The van der Waals surface area contributed by atoms with Crippen LogP contribution in [0.5, 0.6) is 0 Å². The fraction of sp³-hybridized carbons (Fsp3) is 0.667. The van der Waals surface area contributed by atoms with Crippen molar-refractivity contribution in [2.75, 3.05) is 6.54 Å². The average molecular weight is 226 g/mol. The first-order valence-electron chi connectivity index (χ1n) is 3.94. The van der Waals surface area contributed by atoms with Gasteiger partial charge in [-0.25, -0.2) is 12.2 Å². The van der Waals surface area contributed by atoms with E-state index in [0.29, 0.717) is 5.92 Å². The second-order valence-electron chi connectivity index (χ2n) is 3.10. The van der Waals surface area contributed by atoms with E-state index in [4.69, 9.17) is 6.58 Å². The Balaban J connectivity index is 0.000001000. The van der Waals surface area contributed by atoms with Crippen LogP contribution < -0.4 is 0 Å². The molecule has 0 unspecified atom stereocenters. The van der Waals surface area contributed by atoms with Crippen molar-refractivity contribution in [1.82, 2.24) is 4.90 Å². The van der Waals surface area contributed by atoms with Crippen LogP contribution in [0.25, 0.3) is 0 Å². The topological polar surface area (TPSA) is 3.24 Å². The summed E-state index contributed by atoms with van der Waals surface area (Å²) in [6.07, 6.45) is 2.45. The molecule has 0 aromatic rings. The van der Waals surface area contributed by atoms with Crippen LogP contribution in [0.1, 0.15) is 26.7 Å². The van der Waals surface area contributed by atoms with Crippen LogP contribution in [0.3, 0.4) is 0 Å². The largest absolute Gasteiger partial charge is 0.554 e. The third-order valence-corrected chi connectivity index (χ3v) is 1.88. The van der Waals surface area contributed by atoms with Gasteiger partial charge in [-0.2, -0.15) is 6.42 Å². The summed E-state index contributed by atoms with van der Waals surface area (Å²) in [4.78, 5) is 2.17. The van der Waals surface area contributed by atoms with Crippen LogP contribution in [0, 0.1) is 19.0 Å². The van der Waals surface area contributed by atoms with Crippen molar-refractivity contribution in [2.45, 2.75) is 26.7 Å². The zero-order valence-electron chi connectivity index (χ0n) is 7.38. The first-order chi connectivity index (χ1) is 4.72. The molecule has 0 aromatic heterocycles. The van der Waals surface area contributed by atoms with Crippen LogP contribution in [0.2, 0.25) is 0 Å². The van der Waals surface area contributed by atoms with Crippen molar-refractivity contribution >= 4 is 0 Å². The van der Waals surface area contributed by atoms with E-state index < -0.39 is 0 Å². The van der Waals surface area contributed by atoms with Gasteiger partial charge in [-0.15, -0.1) is 0 Å². The number of allylic oxidation sites excluding steroid dienone is 1. The number of hydrogen-bond acceptors (Lipinski definition) is 1. The summed E-state index contributed by atoms with van der Waals surface area (Å²) in [5, 5.41) is 0. The monoisotopic (exact) mass is 226 g/mol. The first kappa shape index (κ1) is 11.6. The maximum Gasteiger partial charge on any atom is 0 e. The van der Waals surface area contributed by atoms with E-state index in [2.05, 4.69) is 25.3 Å². The number of likely N-dealkylation sites (tertiary alicyclic amines) is 1. The zero-order valence-corrected chi connectivity index (χ0v) is 10.2. The fourth-order valence-electron chi connectivity index (χ4n) is 1.17. The molecule has 11 heavy (non-hydrogen) atoms. The molecule has 1 rings (SSSR count). The van der Waals surface area contributed by atoms with Crippen molar-refractivity contribution in [2.24, 2.45) is 5.92 Å². The maximum atomic E-state index is 5.83. The summed E-state index contributed by atoms with van der Waals surface area (Å²) in [6, 6.07) is 0. The number of nitrogens with zero attached hydrogens (tertiary/aromatic N) is 1. The van der Waals surface area contributed by atoms with E-state index in [1.165, 1.54) is 12.8 Å². The molecular weight excluding hydrogens is 211 g/mol. The molecule has 1 fully saturated rings. The smallest absolute Gasteiger partial charge is 0 e. The summed E-state index contributed by atoms with van der Waals surface area (Å²) in [5.74, 6) is 0.481. The van der Waals surface area contributed by atoms with Gasteiger partial charge in [0, 0.05) is 32.7 Å². The molecule has 0 atom stereocenters. The van der Waals surface area contributed by atoms with Gasteiger partial charge < -0.3 is 11.5 Å². The van der Waals surface area contributed by atoms with Gasteiger partial charge >= 0.3 is 0 Å². The van der Waals surface area contributed by atoms with Crippen LogP contribution in [0.4, 0.5) is 0 Å². The Bertz CT molecular complexity index is 126. The average Bonchev–Trinajstić information content (AvgIpc) is 2.36. The molecule has 1 radical (unpaired) electrons. The van der Waals surface area contributed by atoms with Crippen LogP contribution in [0.15, 0.2) is 5.70 Å². The van der Waals surface area contributed by atoms with Gasteiger partial charge in [-0.3, -0.25) is 0 Å². The Kier molecular flexibility index (Phi) is 5.63. The molecule has 61 valence electrons. The minimum Gasteiger partial charge on any atom is -0.554 e. The zero-order chi connectivity index (χ0) is 7.56. The van der Waals surface area contributed by atoms with Crippen LogP contribution >= 0.6 is 0 Å². The van der Waals surface area contributed by atoms with Crippen molar-refractivity contribution in [3.8, 4) is 0 Å². The number of rotatable bonds is 2. The normalized spacial score (nSPS) is 16.8. The van der Waals surface area contributed by atoms with Gasteiger partial charge in [0.2, 0.25) is 0 Å². The van der Waals surface area contributed by atoms with E-state index in [1.807, 2.05) is 0 Å². The van der Waals surface area contributed by atoms with Crippen molar-refractivity contribution in [1.29, 1.82) is 0 Å². The Morgan fingerprint density at radius 1 is 1.55 bits per heavy atom. The molecule has 2 heteroatoms. The molecule has 1 aliphatic heterocycles. The SMILES string of the molecule is [CH-]=C(C(C)C)N1[CH-]CCC1.[Y]. The second-order valence-corrected chi connectivity index (χ2v) is 3.10. The Morgan fingerprint density at radius 2 is 2.18 bits per heavy atom. The minimum absolute atomic E-state index is 0. The standard InChI is InChI=1S/C9H15N.Y/c1-8(2)9(3)10-6-4-5-7-10;/h3,6,8H,4-5,7H2,1-2H3;/q-2;. The molecular formula is C9H15NY-2. The summed E-state index contributed by atoms with van der Waals surface area (Å²) < 4.78 is 0. The summed E-state index contributed by atoms with van der Waals surface area (Å²) >= 11 is 0. The van der Waals surface area contributed by atoms with Crippen molar-refractivity contribution in [3.05, 3.63) is 18.8 Å². The van der Waals surface area contributed by atoms with Gasteiger partial charge in [-0.1, -0.05) is 20.3 Å². The second kappa shape index (κ2) is 5.32. The summed E-state index contributed by atoms with van der Waals surface area (Å²) in [5.41, 5.74) is 1.01. The molecule has 1 saturated heterocycles. The molecule has 0 aliphatic carbocycles. The number of hydrogen-bond donors (Lipinski definition) is 0. The molecule has 0 saturated carbocycles. The Morgan fingerprint density at radius 3 is 2.55 bits per heavy atom. The van der Waals surface area contributed by atoms with E-state index in [9.17, 15) is 0 Å². The quantitative estimate of drug-likeness (QED) is 0.652. The Labute approximate surface area is 95.1 Å². The van der Waals surface area contributed by atoms with E-state index in [0.717, 1.165) is 12.2 Å². The predicted molar refractivity (Wildman–Crippen MR) is 42.9 cm³/mol. The van der Waals surface area contributed by atoms with Gasteiger partial charge in [0.1, 0.15) is 0 Å². The van der Waals surface area contributed by atoms with Crippen LogP contribution in [-0.2, 0) is 32.7 Å². The van der Waals surface area contributed by atoms with Crippen LogP contribution in [-0.4, -0.2) is 11.4 Å². The van der Waals surface area contributed by atoms with Gasteiger partial charge in [0.25, 0.3) is 0 Å². The van der Waals surface area contributed by atoms with E-state index in [1.54, 1.807) is 0 Å². The third-order valence-electron chi connectivity index (χ3n) is 1.88. The molecule has 0 spiro atoms. The Hall–Kier alpha value is 0.644. The maximum absolute atomic E-state index is 5.83.